The molecule has 16 heavy (non-hydrogen) atoms. The Morgan fingerprint density at radius 3 is 2.69 bits per heavy atom. The highest BCUT2D eigenvalue weighted by molar-refractivity contribution is 5.88. The van der Waals surface area contributed by atoms with E-state index < -0.39 is 29.1 Å². The van der Waals surface area contributed by atoms with Crippen LogP contribution < -0.4 is 5.56 Å². The van der Waals surface area contributed by atoms with Gasteiger partial charge in [-0.3, -0.25) is 4.79 Å². The first-order chi connectivity index (χ1) is 7.47. The molecule has 0 saturated carbocycles. The van der Waals surface area contributed by atoms with Crippen LogP contribution in [-0.2, 0) is 0 Å². The van der Waals surface area contributed by atoms with E-state index in [-0.39, 0.29) is 5.82 Å². The van der Waals surface area contributed by atoms with E-state index in [9.17, 15) is 14.7 Å². The molecule has 0 aliphatic heterocycles. The molecule has 1 atom stereocenters. The Morgan fingerprint density at radius 2 is 2.19 bits per heavy atom. The zero-order chi connectivity index (χ0) is 12.3. The first-order valence-corrected chi connectivity index (χ1v) is 4.71. The zero-order valence-electron chi connectivity index (χ0n) is 8.60. The van der Waals surface area contributed by atoms with E-state index in [4.69, 9.17) is 10.2 Å². The summed E-state index contributed by atoms with van der Waals surface area (Å²) in [5.41, 5.74) is -1.73. The van der Waals surface area contributed by atoms with Gasteiger partial charge in [0.2, 0.25) is 5.75 Å². The molecule has 0 saturated heterocycles. The van der Waals surface area contributed by atoms with Crippen molar-refractivity contribution in [3.8, 4) is 5.75 Å². The van der Waals surface area contributed by atoms with Gasteiger partial charge in [0.05, 0.1) is 0 Å². The molecule has 0 fully saturated rings. The average Bonchev–Trinajstić information content (AvgIpc) is 2.21. The third kappa shape index (κ3) is 2.37. The van der Waals surface area contributed by atoms with E-state index in [1.807, 2.05) is 6.92 Å². The van der Waals surface area contributed by atoms with Gasteiger partial charge in [-0.15, -0.1) is 0 Å². The van der Waals surface area contributed by atoms with E-state index in [1.54, 1.807) is 0 Å². The Morgan fingerprint density at radius 1 is 1.56 bits per heavy atom. The van der Waals surface area contributed by atoms with Gasteiger partial charge in [-0.2, -0.15) is 0 Å². The van der Waals surface area contributed by atoms with Gasteiger partial charge in [0.15, 0.2) is 5.69 Å². The number of aliphatic hydroxyl groups is 1. The summed E-state index contributed by atoms with van der Waals surface area (Å²) < 4.78 is 0. The highest BCUT2D eigenvalue weighted by Crippen LogP contribution is 2.15. The molecule has 1 aromatic rings. The highest BCUT2D eigenvalue weighted by Gasteiger charge is 2.19. The van der Waals surface area contributed by atoms with Gasteiger partial charge in [0.25, 0.3) is 5.56 Å². The lowest BCUT2D eigenvalue weighted by atomic mass is 10.2. The largest absolute Gasteiger partial charge is 0.501 e. The number of aromatic hydroxyl groups is 1. The summed E-state index contributed by atoms with van der Waals surface area (Å²) in [6.45, 7) is 1.82. The Hall–Kier alpha value is -1.89. The molecule has 0 aromatic carbocycles. The predicted octanol–water partition coefficient (Wildman–Crippen LogP) is 0.00720. The SMILES string of the molecule is CCCC(O)c1nc(C(=O)O)c(O)c(=O)[nH]1. The summed E-state index contributed by atoms with van der Waals surface area (Å²) in [6, 6.07) is 0. The number of hydrogen-bond donors (Lipinski definition) is 4. The lowest BCUT2D eigenvalue weighted by Crippen LogP contribution is -2.19. The third-order valence-electron chi connectivity index (χ3n) is 1.99. The second kappa shape index (κ2) is 4.75. The second-order valence-electron chi connectivity index (χ2n) is 3.26. The summed E-state index contributed by atoms with van der Waals surface area (Å²) >= 11 is 0. The molecule has 0 bridgehead atoms. The van der Waals surface area contributed by atoms with Crippen molar-refractivity contribution < 1.29 is 20.1 Å². The van der Waals surface area contributed by atoms with Crippen LogP contribution in [0.4, 0.5) is 0 Å². The quantitative estimate of drug-likeness (QED) is 0.575. The van der Waals surface area contributed by atoms with Gasteiger partial charge >= 0.3 is 5.97 Å². The van der Waals surface area contributed by atoms with E-state index in [0.717, 1.165) is 0 Å². The van der Waals surface area contributed by atoms with Crippen molar-refractivity contribution in [2.45, 2.75) is 25.9 Å². The van der Waals surface area contributed by atoms with E-state index in [0.29, 0.717) is 12.8 Å². The molecule has 7 heteroatoms. The molecule has 0 spiro atoms. The number of carbonyl (C=O) groups is 1. The van der Waals surface area contributed by atoms with E-state index in [2.05, 4.69) is 9.97 Å². The number of hydrogen-bond acceptors (Lipinski definition) is 5. The summed E-state index contributed by atoms with van der Waals surface area (Å²) in [6.07, 6.45) is -0.0580. The second-order valence-corrected chi connectivity index (χ2v) is 3.26. The van der Waals surface area contributed by atoms with Crippen molar-refractivity contribution >= 4 is 5.97 Å². The Bertz CT molecular complexity index is 454. The maximum atomic E-state index is 11.2. The van der Waals surface area contributed by atoms with Crippen LogP contribution in [0.25, 0.3) is 0 Å². The van der Waals surface area contributed by atoms with Gasteiger partial charge in [-0.1, -0.05) is 13.3 Å². The minimum Gasteiger partial charge on any atom is -0.501 e. The van der Waals surface area contributed by atoms with Gasteiger partial charge in [0.1, 0.15) is 11.9 Å². The lowest BCUT2D eigenvalue weighted by molar-refractivity contribution is 0.0684. The van der Waals surface area contributed by atoms with Crippen molar-refractivity contribution in [3.63, 3.8) is 0 Å². The molecule has 1 aromatic heterocycles. The van der Waals surface area contributed by atoms with E-state index >= 15 is 0 Å². The van der Waals surface area contributed by atoms with Crippen LogP contribution in [0.1, 0.15) is 42.2 Å². The number of nitrogens with zero attached hydrogens (tertiary/aromatic N) is 1. The van der Waals surface area contributed by atoms with E-state index in [1.165, 1.54) is 0 Å². The Kier molecular flexibility index (Phi) is 3.62. The van der Waals surface area contributed by atoms with Crippen molar-refractivity contribution in [1.82, 2.24) is 9.97 Å². The molecule has 0 radical (unpaired) electrons. The number of aliphatic hydroxyl groups excluding tert-OH is 1. The minimum absolute atomic E-state index is 0.151. The molecule has 0 aliphatic rings. The van der Waals surface area contributed by atoms with Crippen LogP contribution in [0.2, 0.25) is 0 Å². The summed E-state index contributed by atoms with van der Waals surface area (Å²) in [7, 11) is 0. The standard InChI is InChI=1S/C9H12N2O5/c1-2-3-4(12)7-10-5(9(15)16)6(13)8(14)11-7/h4,12-13H,2-3H2,1H3,(H,15,16)(H,10,11,14). The minimum atomic E-state index is -1.52. The van der Waals surface area contributed by atoms with Crippen molar-refractivity contribution in [1.29, 1.82) is 0 Å². The van der Waals surface area contributed by atoms with Crippen LogP contribution in [0.15, 0.2) is 4.79 Å². The summed E-state index contributed by atoms with van der Waals surface area (Å²) in [5.74, 6) is -2.63. The topological polar surface area (TPSA) is 124 Å². The molecular weight excluding hydrogens is 216 g/mol. The number of H-pyrrole nitrogens is 1. The number of carboxylic acids is 1. The smallest absolute Gasteiger partial charge is 0.358 e. The third-order valence-corrected chi connectivity index (χ3v) is 1.99. The van der Waals surface area contributed by atoms with Crippen LogP contribution in [0, 0.1) is 0 Å². The summed E-state index contributed by atoms with van der Waals surface area (Å²) in [5, 5.41) is 27.3. The zero-order valence-corrected chi connectivity index (χ0v) is 8.60. The molecule has 7 nitrogen and oxygen atoms in total. The van der Waals surface area contributed by atoms with Crippen LogP contribution in [-0.4, -0.2) is 31.3 Å². The molecule has 0 aliphatic carbocycles. The maximum absolute atomic E-state index is 11.2. The fourth-order valence-electron chi connectivity index (χ4n) is 1.20. The first-order valence-electron chi connectivity index (χ1n) is 4.71. The molecule has 0 amide bonds. The number of aromatic nitrogens is 2. The van der Waals surface area contributed by atoms with Crippen LogP contribution in [0.5, 0.6) is 5.75 Å². The Balaban J connectivity index is 3.24. The fraction of sp³-hybridized carbons (Fsp3) is 0.444. The van der Waals surface area contributed by atoms with Crippen molar-refractivity contribution in [2.24, 2.45) is 0 Å². The van der Waals surface area contributed by atoms with Gasteiger partial charge in [-0.25, -0.2) is 9.78 Å². The summed E-state index contributed by atoms with van der Waals surface area (Å²) in [4.78, 5) is 27.4. The number of rotatable bonds is 4. The van der Waals surface area contributed by atoms with Gasteiger partial charge in [0, 0.05) is 0 Å². The molecule has 88 valence electrons. The van der Waals surface area contributed by atoms with Gasteiger partial charge < -0.3 is 20.3 Å². The first kappa shape index (κ1) is 12.2. The fourth-order valence-corrected chi connectivity index (χ4v) is 1.20. The lowest BCUT2D eigenvalue weighted by Gasteiger charge is -2.09. The van der Waals surface area contributed by atoms with Gasteiger partial charge in [-0.05, 0) is 6.42 Å². The predicted molar refractivity (Wildman–Crippen MR) is 53.3 cm³/mol. The molecule has 1 unspecified atom stereocenters. The highest BCUT2D eigenvalue weighted by atomic mass is 16.4. The number of aromatic carboxylic acids is 1. The van der Waals surface area contributed by atoms with Crippen molar-refractivity contribution in [2.75, 3.05) is 0 Å². The maximum Gasteiger partial charge on any atom is 0.358 e. The monoisotopic (exact) mass is 228 g/mol. The van der Waals surface area contributed by atoms with Crippen LogP contribution in [0.3, 0.4) is 0 Å². The normalized spacial score (nSPS) is 12.4. The number of carboxylic acid groups (broad SMARTS) is 1. The molecule has 1 heterocycles. The molecule has 1 rings (SSSR count). The average molecular weight is 228 g/mol. The Labute approximate surface area is 90.4 Å². The molecular formula is C9H12N2O5. The number of nitrogens with one attached hydrogen (secondary N) is 1. The number of aromatic amines is 1. The van der Waals surface area contributed by atoms with Crippen molar-refractivity contribution in [3.05, 3.63) is 21.9 Å². The molecule has 4 N–H and O–H groups in total. The van der Waals surface area contributed by atoms with Crippen LogP contribution >= 0.6 is 0 Å².